The smallest absolute Gasteiger partial charge is 0.230 e. The van der Waals surface area contributed by atoms with Crippen LogP contribution in [0.1, 0.15) is 29.6 Å². The Labute approximate surface area is 183 Å². The summed E-state index contributed by atoms with van der Waals surface area (Å²) in [7, 11) is 0. The summed E-state index contributed by atoms with van der Waals surface area (Å²) in [5.41, 5.74) is 5.38. The van der Waals surface area contributed by atoms with Crippen LogP contribution in [0.3, 0.4) is 0 Å². The lowest BCUT2D eigenvalue weighted by molar-refractivity contribution is -0.121. The summed E-state index contributed by atoms with van der Waals surface area (Å²) < 4.78 is 48.5. The van der Waals surface area contributed by atoms with Gasteiger partial charge in [0, 0.05) is 11.1 Å². The van der Waals surface area contributed by atoms with Gasteiger partial charge in [0.05, 0.1) is 22.3 Å². The number of thiazole rings is 1. The summed E-state index contributed by atoms with van der Waals surface area (Å²) in [5, 5.41) is 11.0. The Kier molecular flexibility index (Phi) is 4.94. The zero-order valence-electron chi connectivity index (χ0n) is 16.5. The molecule has 1 amide bonds. The molecule has 7 nitrogen and oxygen atoms in total. The van der Waals surface area contributed by atoms with E-state index in [1.54, 1.807) is 6.07 Å². The topological polar surface area (TPSA) is 107 Å². The van der Waals surface area contributed by atoms with Crippen LogP contribution in [0.2, 0.25) is 0 Å². The summed E-state index contributed by atoms with van der Waals surface area (Å²) in [6, 6.07) is 6.52. The van der Waals surface area contributed by atoms with Crippen molar-refractivity contribution in [3.63, 3.8) is 0 Å². The zero-order valence-corrected chi connectivity index (χ0v) is 17.3. The van der Waals surface area contributed by atoms with Gasteiger partial charge in [0.1, 0.15) is 11.4 Å². The van der Waals surface area contributed by atoms with E-state index in [-0.39, 0.29) is 46.4 Å². The monoisotopic (exact) mass is 459 g/mol. The fraction of sp³-hybridized carbons (Fsp3) is 0.238. The lowest BCUT2D eigenvalue weighted by Gasteiger charge is -2.09. The standard InChI is InChI=1S/C21H16F3N5O2S/c22-12-3-1-2-10(18(12)23)11-4-5-13-20(19(11)24)32-17(26-13)9-16-29-28-15(31-16)8-14(30)27-21(25)6-7-21/h1-5H,6-9,25H2,(H,27,30). The van der Waals surface area contributed by atoms with Crippen LogP contribution < -0.4 is 11.1 Å². The number of rotatable bonds is 6. The number of hydrogen-bond acceptors (Lipinski definition) is 7. The number of carbonyl (C=O) groups excluding carboxylic acids is 1. The molecule has 3 N–H and O–H groups in total. The fourth-order valence-corrected chi connectivity index (χ4v) is 4.27. The van der Waals surface area contributed by atoms with Crippen LogP contribution in [0.15, 0.2) is 34.7 Å². The molecule has 2 aromatic carbocycles. The van der Waals surface area contributed by atoms with Crippen molar-refractivity contribution in [3.05, 3.63) is 64.6 Å². The number of benzene rings is 2. The molecule has 4 aromatic rings. The van der Waals surface area contributed by atoms with Crippen molar-refractivity contribution >= 4 is 27.5 Å². The molecule has 0 atom stereocenters. The number of hydrogen-bond donors (Lipinski definition) is 2. The maximum atomic E-state index is 15.1. The molecule has 11 heteroatoms. The van der Waals surface area contributed by atoms with Gasteiger partial charge < -0.3 is 15.5 Å². The molecule has 0 spiro atoms. The summed E-state index contributed by atoms with van der Waals surface area (Å²) in [5.74, 6) is -2.80. The Balaban J connectivity index is 1.36. The van der Waals surface area contributed by atoms with E-state index in [1.165, 1.54) is 18.2 Å². The van der Waals surface area contributed by atoms with E-state index in [1.807, 2.05) is 0 Å². The van der Waals surface area contributed by atoms with Gasteiger partial charge in [-0.3, -0.25) is 4.79 Å². The Bertz CT molecular complexity index is 1350. The molecule has 5 rings (SSSR count). The average molecular weight is 459 g/mol. The van der Waals surface area contributed by atoms with E-state index in [0.717, 1.165) is 30.2 Å². The Morgan fingerprint density at radius 1 is 1.09 bits per heavy atom. The van der Waals surface area contributed by atoms with Crippen molar-refractivity contribution < 1.29 is 22.4 Å². The molecule has 0 unspecified atom stereocenters. The first-order valence-corrected chi connectivity index (χ1v) is 10.6. The summed E-state index contributed by atoms with van der Waals surface area (Å²) in [6.07, 6.45) is 1.51. The molecule has 1 fully saturated rings. The lowest BCUT2D eigenvalue weighted by atomic mass is 10.0. The zero-order chi connectivity index (χ0) is 22.5. The molecule has 164 valence electrons. The van der Waals surface area contributed by atoms with Crippen LogP contribution in [-0.2, 0) is 17.6 Å². The van der Waals surface area contributed by atoms with Crippen molar-refractivity contribution in [2.24, 2.45) is 5.73 Å². The molecular weight excluding hydrogens is 443 g/mol. The third kappa shape index (κ3) is 3.96. The first kappa shape index (κ1) is 20.6. The largest absolute Gasteiger partial charge is 0.424 e. The molecule has 1 aliphatic carbocycles. The first-order chi connectivity index (χ1) is 15.3. The normalized spacial score (nSPS) is 14.6. The Hall–Kier alpha value is -3.31. The van der Waals surface area contributed by atoms with Gasteiger partial charge in [-0.25, -0.2) is 18.2 Å². The molecule has 0 bridgehead atoms. The SMILES string of the molecule is NC1(NC(=O)Cc2nnc(Cc3nc4ccc(-c5cccc(F)c5F)c(F)c4s3)o2)CC1. The summed E-state index contributed by atoms with van der Waals surface area (Å²) in [4.78, 5) is 16.3. The van der Waals surface area contributed by atoms with Gasteiger partial charge in [-0.1, -0.05) is 12.1 Å². The van der Waals surface area contributed by atoms with Crippen LogP contribution in [0, 0.1) is 17.5 Å². The third-order valence-corrected chi connectivity index (χ3v) is 6.15. The second-order valence-corrected chi connectivity index (χ2v) is 8.72. The Morgan fingerprint density at radius 3 is 2.62 bits per heavy atom. The van der Waals surface area contributed by atoms with E-state index in [9.17, 15) is 13.6 Å². The maximum Gasteiger partial charge on any atom is 0.230 e. The summed E-state index contributed by atoms with van der Waals surface area (Å²) >= 11 is 1.05. The number of amides is 1. The average Bonchev–Trinajstić information content (AvgIpc) is 3.12. The minimum Gasteiger partial charge on any atom is -0.424 e. The van der Waals surface area contributed by atoms with Crippen molar-refractivity contribution in [2.45, 2.75) is 31.3 Å². The van der Waals surface area contributed by atoms with E-state index in [4.69, 9.17) is 10.2 Å². The second-order valence-electron chi connectivity index (χ2n) is 7.63. The third-order valence-electron chi connectivity index (χ3n) is 5.08. The Morgan fingerprint density at radius 2 is 1.84 bits per heavy atom. The predicted octanol–water partition coefficient (Wildman–Crippen LogP) is 3.46. The van der Waals surface area contributed by atoms with E-state index in [2.05, 4.69) is 20.5 Å². The van der Waals surface area contributed by atoms with Crippen LogP contribution in [0.4, 0.5) is 13.2 Å². The highest BCUT2D eigenvalue weighted by Gasteiger charge is 2.39. The highest BCUT2D eigenvalue weighted by Crippen LogP contribution is 2.34. The second kappa shape index (κ2) is 7.68. The number of aromatic nitrogens is 3. The van der Waals surface area contributed by atoms with Crippen molar-refractivity contribution in [1.82, 2.24) is 20.5 Å². The highest BCUT2D eigenvalue weighted by molar-refractivity contribution is 7.18. The van der Waals surface area contributed by atoms with E-state index < -0.39 is 23.1 Å². The minimum atomic E-state index is -1.11. The molecule has 1 saturated carbocycles. The predicted molar refractivity (Wildman–Crippen MR) is 110 cm³/mol. The van der Waals surface area contributed by atoms with Gasteiger partial charge >= 0.3 is 0 Å². The van der Waals surface area contributed by atoms with Gasteiger partial charge in [0.2, 0.25) is 17.7 Å². The fourth-order valence-electron chi connectivity index (χ4n) is 3.28. The molecule has 2 aromatic heterocycles. The van der Waals surface area contributed by atoms with Gasteiger partial charge in [-0.2, -0.15) is 0 Å². The van der Waals surface area contributed by atoms with Gasteiger partial charge in [0.25, 0.3) is 0 Å². The maximum absolute atomic E-state index is 15.1. The van der Waals surface area contributed by atoms with Gasteiger partial charge in [-0.05, 0) is 31.0 Å². The summed E-state index contributed by atoms with van der Waals surface area (Å²) in [6.45, 7) is 0. The molecule has 0 radical (unpaired) electrons. The van der Waals surface area contributed by atoms with Crippen molar-refractivity contribution in [2.75, 3.05) is 0 Å². The van der Waals surface area contributed by atoms with Crippen LogP contribution >= 0.6 is 11.3 Å². The molecule has 1 aliphatic rings. The molecule has 0 aliphatic heterocycles. The van der Waals surface area contributed by atoms with Crippen LogP contribution in [0.25, 0.3) is 21.3 Å². The molecule has 32 heavy (non-hydrogen) atoms. The number of nitrogens with zero attached hydrogens (tertiary/aromatic N) is 3. The number of nitrogens with two attached hydrogens (primary N) is 1. The number of carbonyl (C=O) groups is 1. The quantitative estimate of drug-likeness (QED) is 0.428. The molecule has 2 heterocycles. The lowest BCUT2D eigenvalue weighted by Crippen LogP contribution is -2.44. The number of nitrogens with one attached hydrogen (secondary N) is 1. The van der Waals surface area contributed by atoms with E-state index >= 15 is 4.39 Å². The van der Waals surface area contributed by atoms with Gasteiger partial charge in [0.15, 0.2) is 17.5 Å². The van der Waals surface area contributed by atoms with Crippen molar-refractivity contribution in [3.8, 4) is 11.1 Å². The van der Waals surface area contributed by atoms with Crippen LogP contribution in [0.5, 0.6) is 0 Å². The van der Waals surface area contributed by atoms with Crippen molar-refractivity contribution in [1.29, 1.82) is 0 Å². The molecular formula is C21H16F3N5O2S. The molecule has 0 saturated heterocycles. The van der Waals surface area contributed by atoms with Crippen LogP contribution in [-0.4, -0.2) is 26.8 Å². The van der Waals surface area contributed by atoms with E-state index in [0.29, 0.717) is 10.5 Å². The first-order valence-electron chi connectivity index (χ1n) is 9.75. The highest BCUT2D eigenvalue weighted by atomic mass is 32.1. The minimum absolute atomic E-state index is 0.0517. The number of fused-ring (bicyclic) bond motifs is 1. The number of halogens is 3. The van der Waals surface area contributed by atoms with Gasteiger partial charge in [-0.15, -0.1) is 21.5 Å².